The van der Waals surface area contributed by atoms with Gasteiger partial charge in [0.15, 0.2) is 0 Å². The number of hydrogen-bond donors (Lipinski definition) is 0. The molecule has 0 spiro atoms. The first kappa shape index (κ1) is 18.9. The molecule has 0 aromatic carbocycles. The fourth-order valence-electron chi connectivity index (χ4n) is 3.81. The van der Waals surface area contributed by atoms with E-state index in [2.05, 4.69) is 45.6 Å². The lowest BCUT2D eigenvalue weighted by molar-refractivity contribution is 0.106. The number of allylic oxidation sites excluding steroid dienone is 5. The molecule has 1 saturated heterocycles. The van der Waals surface area contributed by atoms with Gasteiger partial charge in [0, 0.05) is 0 Å². The van der Waals surface area contributed by atoms with Crippen LogP contribution < -0.4 is 0 Å². The molecular weight excluding hydrogens is 300 g/mol. The van der Waals surface area contributed by atoms with Crippen molar-refractivity contribution in [2.45, 2.75) is 64.6 Å². The van der Waals surface area contributed by atoms with E-state index in [0.29, 0.717) is 0 Å². The molecule has 1 aliphatic carbocycles. The second kappa shape index (κ2) is 7.60. The van der Waals surface area contributed by atoms with Crippen LogP contribution in [0.15, 0.2) is 48.0 Å². The van der Waals surface area contributed by atoms with Crippen molar-refractivity contribution < 1.29 is 14.2 Å². The highest BCUT2D eigenvalue weighted by molar-refractivity contribution is 5.31. The van der Waals surface area contributed by atoms with Crippen molar-refractivity contribution in [2.75, 3.05) is 14.2 Å². The quantitative estimate of drug-likeness (QED) is 0.423. The van der Waals surface area contributed by atoms with Crippen molar-refractivity contribution in [3.63, 3.8) is 0 Å². The maximum absolute atomic E-state index is 6.12. The van der Waals surface area contributed by atoms with Gasteiger partial charge in [0.05, 0.1) is 31.3 Å². The highest BCUT2D eigenvalue weighted by Gasteiger charge is 2.56. The number of epoxide rings is 1. The Morgan fingerprint density at radius 3 is 2.42 bits per heavy atom. The fourth-order valence-corrected chi connectivity index (χ4v) is 3.81. The molecule has 0 N–H and O–H groups in total. The molecule has 1 aliphatic heterocycles. The van der Waals surface area contributed by atoms with Crippen LogP contribution in [0.1, 0.15) is 52.9 Å². The second-order valence-corrected chi connectivity index (χ2v) is 7.30. The molecule has 0 radical (unpaired) electrons. The molecule has 0 amide bonds. The van der Waals surface area contributed by atoms with Gasteiger partial charge in [-0.25, -0.2) is 0 Å². The lowest BCUT2D eigenvalue weighted by atomic mass is 9.72. The summed E-state index contributed by atoms with van der Waals surface area (Å²) in [7, 11) is 3.48. The fraction of sp³-hybridized carbons (Fsp3) is 0.619. The minimum Gasteiger partial charge on any atom is -0.500 e. The van der Waals surface area contributed by atoms with Crippen molar-refractivity contribution in [2.24, 2.45) is 5.41 Å². The topological polar surface area (TPSA) is 31.0 Å². The zero-order valence-electron chi connectivity index (χ0n) is 15.9. The van der Waals surface area contributed by atoms with E-state index < -0.39 is 0 Å². The molecule has 1 unspecified atom stereocenters. The lowest BCUT2D eigenvalue weighted by Gasteiger charge is -2.37. The molecule has 0 aromatic heterocycles. The van der Waals surface area contributed by atoms with Crippen LogP contribution >= 0.6 is 0 Å². The molecule has 1 heterocycles. The van der Waals surface area contributed by atoms with Gasteiger partial charge in [-0.3, -0.25) is 0 Å². The van der Waals surface area contributed by atoms with E-state index in [1.807, 2.05) is 6.08 Å². The first-order valence-corrected chi connectivity index (χ1v) is 8.83. The summed E-state index contributed by atoms with van der Waals surface area (Å²) in [5.74, 6) is 1.95. The van der Waals surface area contributed by atoms with Gasteiger partial charge < -0.3 is 14.2 Å². The third kappa shape index (κ3) is 3.77. The van der Waals surface area contributed by atoms with Gasteiger partial charge in [0.1, 0.15) is 11.5 Å². The van der Waals surface area contributed by atoms with E-state index in [1.165, 1.54) is 5.57 Å². The predicted molar refractivity (Wildman–Crippen MR) is 98.6 cm³/mol. The summed E-state index contributed by atoms with van der Waals surface area (Å²) in [6.07, 6.45) is 13.4. The minimum absolute atomic E-state index is 0.0464. The largest absolute Gasteiger partial charge is 0.500 e. The van der Waals surface area contributed by atoms with Gasteiger partial charge >= 0.3 is 0 Å². The second-order valence-electron chi connectivity index (χ2n) is 7.30. The van der Waals surface area contributed by atoms with Gasteiger partial charge in [0.25, 0.3) is 0 Å². The molecule has 1 fully saturated rings. The zero-order chi connectivity index (χ0) is 17.8. The molecule has 2 aliphatic rings. The van der Waals surface area contributed by atoms with E-state index in [1.54, 1.807) is 14.2 Å². The van der Waals surface area contributed by atoms with Crippen molar-refractivity contribution in [1.29, 1.82) is 0 Å². The van der Waals surface area contributed by atoms with E-state index in [0.717, 1.165) is 43.6 Å². The lowest BCUT2D eigenvalue weighted by Crippen LogP contribution is -2.32. The molecule has 0 aromatic rings. The first-order valence-electron chi connectivity index (χ1n) is 8.83. The highest BCUT2D eigenvalue weighted by atomic mass is 16.6. The maximum Gasteiger partial charge on any atom is 0.106 e. The zero-order valence-corrected chi connectivity index (χ0v) is 15.9. The first-order chi connectivity index (χ1) is 11.4. The van der Waals surface area contributed by atoms with Gasteiger partial charge in [0.2, 0.25) is 0 Å². The van der Waals surface area contributed by atoms with Crippen molar-refractivity contribution in [3.05, 3.63) is 48.0 Å². The number of rotatable bonds is 9. The van der Waals surface area contributed by atoms with Gasteiger partial charge in [-0.15, -0.1) is 6.58 Å². The van der Waals surface area contributed by atoms with Crippen LogP contribution in [-0.4, -0.2) is 25.9 Å². The average Bonchev–Trinajstić information content (AvgIpc) is 3.16. The van der Waals surface area contributed by atoms with Crippen LogP contribution in [0.4, 0.5) is 0 Å². The normalized spacial score (nSPS) is 27.6. The smallest absolute Gasteiger partial charge is 0.106 e. The average molecular weight is 332 g/mol. The Morgan fingerprint density at radius 1 is 1.29 bits per heavy atom. The summed E-state index contributed by atoms with van der Waals surface area (Å²) in [6, 6.07) is 0. The number of hydrogen-bond acceptors (Lipinski definition) is 3. The Bertz CT molecular complexity index is 531. The SMILES string of the molecule is C=CCC1(CC2O[C@@]2(C)CCC=C(C)C)C(OC)=CCC=C1OC. The van der Waals surface area contributed by atoms with E-state index in [-0.39, 0.29) is 17.1 Å². The number of ether oxygens (including phenoxy) is 3. The predicted octanol–water partition coefficient (Wildman–Crippen LogP) is 5.31. The summed E-state index contributed by atoms with van der Waals surface area (Å²) < 4.78 is 17.6. The highest BCUT2D eigenvalue weighted by Crippen LogP contribution is 2.54. The molecule has 134 valence electrons. The van der Waals surface area contributed by atoms with Crippen LogP contribution in [-0.2, 0) is 14.2 Å². The van der Waals surface area contributed by atoms with E-state index >= 15 is 0 Å². The molecule has 24 heavy (non-hydrogen) atoms. The Labute approximate surface area is 147 Å². The van der Waals surface area contributed by atoms with Crippen LogP contribution in [0.2, 0.25) is 0 Å². The molecule has 0 saturated carbocycles. The van der Waals surface area contributed by atoms with Gasteiger partial charge in [-0.1, -0.05) is 17.7 Å². The Balaban J connectivity index is 2.15. The van der Waals surface area contributed by atoms with E-state index in [9.17, 15) is 0 Å². The summed E-state index contributed by atoms with van der Waals surface area (Å²) in [6.45, 7) is 10.4. The summed E-state index contributed by atoms with van der Waals surface area (Å²) in [5.41, 5.74) is 1.03. The molecular formula is C21H32O3. The van der Waals surface area contributed by atoms with Crippen LogP contribution in [0.25, 0.3) is 0 Å². The van der Waals surface area contributed by atoms with Crippen LogP contribution in [0.5, 0.6) is 0 Å². The minimum atomic E-state index is -0.289. The molecule has 3 heteroatoms. The van der Waals surface area contributed by atoms with Crippen molar-refractivity contribution in [3.8, 4) is 0 Å². The summed E-state index contributed by atoms with van der Waals surface area (Å²) in [4.78, 5) is 0. The maximum atomic E-state index is 6.12. The third-order valence-electron chi connectivity index (χ3n) is 5.24. The van der Waals surface area contributed by atoms with E-state index in [4.69, 9.17) is 14.2 Å². The van der Waals surface area contributed by atoms with Gasteiger partial charge in [-0.05, 0) is 65.0 Å². The number of methoxy groups -OCH3 is 2. The van der Waals surface area contributed by atoms with Crippen molar-refractivity contribution in [1.82, 2.24) is 0 Å². The van der Waals surface area contributed by atoms with Crippen LogP contribution in [0, 0.1) is 5.41 Å². The molecule has 0 bridgehead atoms. The standard InChI is InChI=1S/C21H32O3/c1-7-13-21(17(22-5)11-8-12-18(21)23-6)15-19-20(4,24-19)14-9-10-16(2)3/h7,10-12,19H,1,8-9,13-15H2,2-6H3/t19?,20-/m0/s1. The Morgan fingerprint density at radius 2 is 1.92 bits per heavy atom. The Kier molecular flexibility index (Phi) is 5.97. The molecule has 2 rings (SSSR count). The summed E-state index contributed by atoms with van der Waals surface area (Å²) in [5, 5.41) is 0. The molecule has 2 atom stereocenters. The van der Waals surface area contributed by atoms with Gasteiger partial charge in [-0.2, -0.15) is 0 Å². The van der Waals surface area contributed by atoms with Crippen molar-refractivity contribution >= 4 is 0 Å². The Hall–Kier alpha value is -1.48. The molecule has 3 nitrogen and oxygen atoms in total. The monoisotopic (exact) mass is 332 g/mol. The third-order valence-corrected chi connectivity index (χ3v) is 5.24. The van der Waals surface area contributed by atoms with Crippen LogP contribution in [0.3, 0.4) is 0 Å². The summed E-state index contributed by atoms with van der Waals surface area (Å²) >= 11 is 0.